The minimum atomic E-state index is 0.865. The summed E-state index contributed by atoms with van der Waals surface area (Å²) in [6.07, 6.45) is 5.42. The van der Waals surface area contributed by atoms with Gasteiger partial charge in [0, 0.05) is 34.9 Å². The third-order valence-electron chi connectivity index (χ3n) is 3.48. The molecule has 4 rings (SSSR count). The first-order valence-electron chi connectivity index (χ1n) is 6.50. The molecule has 1 aromatic carbocycles. The average Bonchev–Trinajstić information content (AvgIpc) is 2.85. The first-order chi connectivity index (χ1) is 9.81. The molecule has 3 aromatic heterocycles. The first kappa shape index (κ1) is 11.2. The number of fused-ring (bicyclic) bond motifs is 3. The number of aryl methyl sites for hydroxylation is 1. The Bertz CT molecular complexity index is 924. The SMILES string of the molecule is Cc1ccnc(-c2ccc3oc4ccncc4c3c2)c1. The molecule has 0 spiro atoms. The molecule has 3 heterocycles. The van der Waals surface area contributed by atoms with E-state index in [4.69, 9.17) is 4.42 Å². The molecule has 0 saturated heterocycles. The van der Waals surface area contributed by atoms with Gasteiger partial charge in [-0.3, -0.25) is 9.97 Å². The molecule has 0 amide bonds. The number of benzene rings is 1. The van der Waals surface area contributed by atoms with Gasteiger partial charge in [0.1, 0.15) is 11.2 Å². The van der Waals surface area contributed by atoms with Crippen LogP contribution >= 0.6 is 0 Å². The number of rotatable bonds is 1. The van der Waals surface area contributed by atoms with Gasteiger partial charge in [-0.05, 0) is 48.9 Å². The molecule has 0 saturated carbocycles. The predicted molar refractivity (Wildman–Crippen MR) is 79.5 cm³/mol. The molecular weight excluding hydrogens is 248 g/mol. The van der Waals surface area contributed by atoms with Gasteiger partial charge < -0.3 is 4.42 Å². The van der Waals surface area contributed by atoms with Crippen molar-refractivity contribution in [3.63, 3.8) is 0 Å². The van der Waals surface area contributed by atoms with Crippen LogP contribution in [0, 0.1) is 6.92 Å². The lowest BCUT2D eigenvalue weighted by molar-refractivity contribution is 0.668. The van der Waals surface area contributed by atoms with E-state index in [1.165, 1.54) is 5.56 Å². The van der Waals surface area contributed by atoms with Gasteiger partial charge in [-0.15, -0.1) is 0 Å². The van der Waals surface area contributed by atoms with E-state index in [0.29, 0.717) is 0 Å². The number of hydrogen-bond donors (Lipinski definition) is 0. The molecule has 0 N–H and O–H groups in total. The van der Waals surface area contributed by atoms with E-state index in [9.17, 15) is 0 Å². The molecule has 0 aliphatic heterocycles. The summed E-state index contributed by atoms with van der Waals surface area (Å²) in [5, 5.41) is 2.12. The molecule has 96 valence electrons. The second kappa shape index (κ2) is 4.17. The number of nitrogens with zero attached hydrogens (tertiary/aromatic N) is 2. The van der Waals surface area contributed by atoms with Gasteiger partial charge in [0.05, 0.1) is 5.69 Å². The van der Waals surface area contributed by atoms with E-state index < -0.39 is 0 Å². The summed E-state index contributed by atoms with van der Waals surface area (Å²) >= 11 is 0. The Morgan fingerprint density at radius 2 is 1.80 bits per heavy atom. The van der Waals surface area contributed by atoms with Crippen LogP contribution in [0.25, 0.3) is 33.2 Å². The van der Waals surface area contributed by atoms with Crippen molar-refractivity contribution in [2.24, 2.45) is 0 Å². The van der Waals surface area contributed by atoms with Crippen LogP contribution in [-0.2, 0) is 0 Å². The standard InChI is InChI=1S/C17H12N2O/c1-11-4-7-19-15(8-11)12-2-3-16-13(9-12)14-10-18-6-5-17(14)20-16/h2-10H,1H3. The number of pyridine rings is 2. The fraction of sp³-hybridized carbons (Fsp3) is 0.0588. The van der Waals surface area contributed by atoms with Gasteiger partial charge in [-0.2, -0.15) is 0 Å². The second-order valence-electron chi connectivity index (χ2n) is 4.90. The summed E-state index contributed by atoms with van der Waals surface area (Å²) in [5.41, 5.74) is 5.01. The van der Waals surface area contributed by atoms with Gasteiger partial charge in [-0.1, -0.05) is 0 Å². The van der Waals surface area contributed by atoms with Crippen molar-refractivity contribution in [2.75, 3.05) is 0 Å². The van der Waals surface area contributed by atoms with Crippen LogP contribution in [0.3, 0.4) is 0 Å². The zero-order chi connectivity index (χ0) is 13.5. The van der Waals surface area contributed by atoms with E-state index in [2.05, 4.69) is 29.0 Å². The fourth-order valence-electron chi connectivity index (χ4n) is 2.47. The quantitative estimate of drug-likeness (QED) is 0.510. The van der Waals surface area contributed by atoms with Crippen molar-refractivity contribution in [1.29, 1.82) is 0 Å². The van der Waals surface area contributed by atoms with Crippen molar-refractivity contribution in [3.8, 4) is 11.3 Å². The highest BCUT2D eigenvalue weighted by Gasteiger charge is 2.08. The van der Waals surface area contributed by atoms with Crippen molar-refractivity contribution >= 4 is 21.9 Å². The van der Waals surface area contributed by atoms with Gasteiger partial charge in [0.25, 0.3) is 0 Å². The Balaban J connectivity index is 2.00. The summed E-state index contributed by atoms with van der Waals surface area (Å²) in [4.78, 5) is 8.61. The number of hydrogen-bond acceptors (Lipinski definition) is 3. The monoisotopic (exact) mass is 260 g/mol. The molecule has 0 aliphatic rings. The molecule has 0 aliphatic carbocycles. The minimum Gasteiger partial charge on any atom is -0.456 e. The third-order valence-corrected chi connectivity index (χ3v) is 3.48. The molecular formula is C17H12N2O. The van der Waals surface area contributed by atoms with E-state index in [0.717, 1.165) is 33.2 Å². The van der Waals surface area contributed by atoms with Crippen molar-refractivity contribution in [1.82, 2.24) is 9.97 Å². The number of furan rings is 1. The summed E-state index contributed by atoms with van der Waals surface area (Å²) in [7, 11) is 0. The Labute approximate surface area is 115 Å². The van der Waals surface area contributed by atoms with Crippen LogP contribution in [-0.4, -0.2) is 9.97 Å². The fourth-order valence-corrected chi connectivity index (χ4v) is 2.47. The molecule has 0 unspecified atom stereocenters. The zero-order valence-corrected chi connectivity index (χ0v) is 11.0. The lowest BCUT2D eigenvalue weighted by Gasteiger charge is -2.01. The lowest BCUT2D eigenvalue weighted by Crippen LogP contribution is -1.84. The van der Waals surface area contributed by atoms with Crippen LogP contribution in [0.2, 0.25) is 0 Å². The summed E-state index contributed by atoms with van der Waals surface area (Å²) < 4.78 is 5.81. The summed E-state index contributed by atoms with van der Waals surface area (Å²) in [5.74, 6) is 0. The van der Waals surface area contributed by atoms with Crippen molar-refractivity contribution in [2.45, 2.75) is 6.92 Å². The van der Waals surface area contributed by atoms with Gasteiger partial charge >= 0.3 is 0 Å². The molecule has 4 aromatic rings. The second-order valence-corrected chi connectivity index (χ2v) is 4.90. The van der Waals surface area contributed by atoms with E-state index >= 15 is 0 Å². The van der Waals surface area contributed by atoms with E-state index in [-0.39, 0.29) is 0 Å². The third kappa shape index (κ3) is 1.67. The highest BCUT2D eigenvalue weighted by Crippen LogP contribution is 2.31. The molecule has 3 heteroatoms. The van der Waals surface area contributed by atoms with Gasteiger partial charge in [0.2, 0.25) is 0 Å². The predicted octanol–water partition coefficient (Wildman–Crippen LogP) is 4.35. The van der Waals surface area contributed by atoms with Crippen molar-refractivity contribution in [3.05, 3.63) is 60.6 Å². The normalized spacial score (nSPS) is 11.2. The smallest absolute Gasteiger partial charge is 0.138 e. The topological polar surface area (TPSA) is 38.9 Å². The van der Waals surface area contributed by atoms with Crippen molar-refractivity contribution < 1.29 is 4.42 Å². The van der Waals surface area contributed by atoms with Gasteiger partial charge in [0.15, 0.2) is 0 Å². The molecule has 20 heavy (non-hydrogen) atoms. The highest BCUT2D eigenvalue weighted by molar-refractivity contribution is 6.05. The molecule has 0 bridgehead atoms. The first-order valence-corrected chi connectivity index (χ1v) is 6.50. The molecule has 0 radical (unpaired) electrons. The highest BCUT2D eigenvalue weighted by atomic mass is 16.3. The lowest BCUT2D eigenvalue weighted by atomic mass is 10.1. The van der Waals surface area contributed by atoms with E-state index in [1.807, 2.05) is 36.7 Å². The van der Waals surface area contributed by atoms with Crippen LogP contribution < -0.4 is 0 Å². The van der Waals surface area contributed by atoms with Gasteiger partial charge in [-0.25, -0.2) is 0 Å². The molecule has 3 nitrogen and oxygen atoms in total. The molecule has 0 fully saturated rings. The van der Waals surface area contributed by atoms with Crippen LogP contribution in [0.15, 0.2) is 59.4 Å². The maximum Gasteiger partial charge on any atom is 0.138 e. The Hall–Kier alpha value is -2.68. The van der Waals surface area contributed by atoms with Crippen LogP contribution in [0.1, 0.15) is 5.56 Å². The Morgan fingerprint density at radius 1 is 0.900 bits per heavy atom. The summed E-state index contributed by atoms with van der Waals surface area (Å²) in [6, 6.07) is 12.1. The average molecular weight is 260 g/mol. The van der Waals surface area contributed by atoms with Crippen LogP contribution in [0.5, 0.6) is 0 Å². The summed E-state index contributed by atoms with van der Waals surface area (Å²) in [6.45, 7) is 2.07. The zero-order valence-electron chi connectivity index (χ0n) is 11.0. The minimum absolute atomic E-state index is 0.865. The maximum atomic E-state index is 5.81. The molecule has 0 atom stereocenters. The Kier molecular flexibility index (Phi) is 2.33. The number of aromatic nitrogens is 2. The maximum absolute atomic E-state index is 5.81. The van der Waals surface area contributed by atoms with E-state index in [1.54, 1.807) is 6.20 Å². The largest absolute Gasteiger partial charge is 0.456 e. The Morgan fingerprint density at radius 3 is 2.70 bits per heavy atom. The van der Waals surface area contributed by atoms with Crippen LogP contribution in [0.4, 0.5) is 0 Å².